The van der Waals surface area contributed by atoms with Crippen LogP contribution in [0.4, 0.5) is 0 Å². The predicted molar refractivity (Wildman–Crippen MR) is 44.0 cm³/mol. The van der Waals surface area contributed by atoms with Crippen LogP contribution >= 0.6 is 0 Å². The van der Waals surface area contributed by atoms with E-state index >= 15 is 0 Å². The molecule has 0 aromatic rings. The molecule has 11 heavy (non-hydrogen) atoms. The molecular weight excluding hydrogens is 142 g/mol. The molecule has 0 aromatic carbocycles. The van der Waals surface area contributed by atoms with Gasteiger partial charge in [-0.2, -0.15) is 0 Å². The Kier molecular flexibility index (Phi) is 2.46. The number of nitrogens with zero attached hydrogens (tertiary/aromatic N) is 2. The number of likely N-dealkylation sites (tertiary alicyclic amines) is 1. The Balaban J connectivity index is 2.47. The van der Waals surface area contributed by atoms with Gasteiger partial charge in [-0.1, -0.05) is 5.16 Å². The second-order valence-electron chi connectivity index (χ2n) is 2.60. The van der Waals surface area contributed by atoms with Crippen molar-refractivity contribution < 1.29 is 4.84 Å². The molecule has 0 aliphatic carbocycles. The van der Waals surface area contributed by atoms with Gasteiger partial charge in [-0.25, -0.2) is 0 Å². The van der Waals surface area contributed by atoms with Crippen LogP contribution in [0.5, 0.6) is 0 Å². The van der Waals surface area contributed by atoms with Crippen molar-refractivity contribution in [1.82, 2.24) is 4.90 Å². The smallest absolute Gasteiger partial charge is 0.106 e. The standard InChI is InChI=1S/C7H13N3O/c1-6(8)10-4-3-7(5-10)9-11-2/h8H,3-5H2,1-2H3. The highest BCUT2D eigenvalue weighted by molar-refractivity contribution is 5.92. The second kappa shape index (κ2) is 3.37. The number of nitrogens with one attached hydrogen (secondary N) is 1. The zero-order valence-electron chi connectivity index (χ0n) is 6.92. The molecule has 0 unspecified atom stereocenters. The molecule has 0 saturated carbocycles. The molecule has 0 spiro atoms. The van der Waals surface area contributed by atoms with E-state index in [1.807, 2.05) is 4.90 Å². The van der Waals surface area contributed by atoms with Crippen LogP contribution < -0.4 is 0 Å². The lowest BCUT2D eigenvalue weighted by atomic mass is 10.3. The molecule has 1 saturated heterocycles. The molecule has 1 rings (SSSR count). The second-order valence-corrected chi connectivity index (χ2v) is 2.60. The monoisotopic (exact) mass is 155 g/mol. The summed E-state index contributed by atoms with van der Waals surface area (Å²) < 4.78 is 0. The highest BCUT2D eigenvalue weighted by atomic mass is 16.6. The van der Waals surface area contributed by atoms with E-state index in [0.29, 0.717) is 5.84 Å². The maximum absolute atomic E-state index is 7.34. The summed E-state index contributed by atoms with van der Waals surface area (Å²) >= 11 is 0. The molecule has 0 amide bonds. The van der Waals surface area contributed by atoms with Crippen LogP contribution in [0.25, 0.3) is 0 Å². The number of oxime groups is 1. The van der Waals surface area contributed by atoms with E-state index in [2.05, 4.69) is 9.99 Å². The summed E-state index contributed by atoms with van der Waals surface area (Å²) in [5.41, 5.74) is 1.03. The minimum atomic E-state index is 0.603. The summed E-state index contributed by atoms with van der Waals surface area (Å²) in [6, 6.07) is 0. The number of rotatable bonds is 1. The summed E-state index contributed by atoms with van der Waals surface area (Å²) in [4.78, 5) is 6.61. The molecule has 62 valence electrons. The molecular formula is C7H13N3O. The topological polar surface area (TPSA) is 48.7 Å². The molecule has 4 heteroatoms. The van der Waals surface area contributed by atoms with E-state index in [1.165, 1.54) is 0 Å². The van der Waals surface area contributed by atoms with Gasteiger partial charge in [0.2, 0.25) is 0 Å². The van der Waals surface area contributed by atoms with Crippen LogP contribution in [0.2, 0.25) is 0 Å². The fraction of sp³-hybridized carbons (Fsp3) is 0.714. The van der Waals surface area contributed by atoms with Crippen LogP contribution in [0.1, 0.15) is 13.3 Å². The van der Waals surface area contributed by atoms with Crippen LogP contribution in [-0.4, -0.2) is 36.6 Å². The maximum atomic E-state index is 7.34. The Morgan fingerprint density at radius 3 is 2.91 bits per heavy atom. The summed E-state index contributed by atoms with van der Waals surface area (Å²) in [6.45, 7) is 3.44. The number of hydrogen-bond acceptors (Lipinski definition) is 3. The van der Waals surface area contributed by atoms with Gasteiger partial charge in [0.15, 0.2) is 0 Å². The minimum Gasteiger partial charge on any atom is -0.399 e. The van der Waals surface area contributed by atoms with Crippen molar-refractivity contribution in [2.24, 2.45) is 5.16 Å². The van der Waals surface area contributed by atoms with Crippen molar-refractivity contribution in [3.8, 4) is 0 Å². The minimum absolute atomic E-state index is 0.603. The summed E-state index contributed by atoms with van der Waals surface area (Å²) in [7, 11) is 1.55. The van der Waals surface area contributed by atoms with Gasteiger partial charge in [0.1, 0.15) is 7.11 Å². The average molecular weight is 155 g/mol. The first-order chi connectivity index (χ1) is 5.24. The highest BCUT2D eigenvalue weighted by Gasteiger charge is 2.18. The zero-order chi connectivity index (χ0) is 8.27. The van der Waals surface area contributed by atoms with Crippen molar-refractivity contribution in [3.05, 3.63) is 0 Å². The van der Waals surface area contributed by atoms with E-state index in [1.54, 1.807) is 14.0 Å². The Morgan fingerprint density at radius 2 is 2.45 bits per heavy atom. The fourth-order valence-electron chi connectivity index (χ4n) is 1.13. The van der Waals surface area contributed by atoms with Gasteiger partial charge < -0.3 is 9.74 Å². The molecule has 1 aliphatic rings. The first kappa shape index (κ1) is 8.04. The maximum Gasteiger partial charge on any atom is 0.106 e. The molecule has 0 radical (unpaired) electrons. The van der Waals surface area contributed by atoms with Crippen molar-refractivity contribution >= 4 is 11.5 Å². The predicted octanol–water partition coefficient (Wildman–Crippen LogP) is 0.692. The molecule has 4 nitrogen and oxygen atoms in total. The summed E-state index contributed by atoms with van der Waals surface area (Å²) in [5, 5.41) is 11.2. The molecule has 1 heterocycles. The molecule has 1 N–H and O–H groups in total. The largest absolute Gasteiger partial charge is 0.399 e. The SMILES string of the molecule is CON=C1CCN(C(C)=N)C1. The van der Waals surface area contributed by atoms with Crippen LogP contribution in [0.15, 0.2) is 5.16 Å². The third-order valence-electron chi connectivity index (χ3n) is 1.74. The van der Waals surface area contributed by atoms with Gasteiger partial charge in [0, 0.05) is 13.0 Å². The molecule has 0 atom stereocenters. The van der Waals surface area contributed by atoms with Crippen molar-refractivity contribution in [2.45, 2.75) is 13.3 Å². The van der Waals surface area contributed by atoms with Crippen molar-refractivity contribution in [2.75, 3.05) is 20.2 Å². The van der Waals surface area contributed by atoms with Crippen molar-refractivity contribution in [3.63, 3.8) is 0 Å². The van der Waals surface area contributed by atoms with E-state index < -0.39 is 0 Å². The highest BCUT2D eigenvalue weighted by Crippen LogP contribution is 2.05. The molecule has 0 aromatic heterocycles. The molecule has 1 fully saturated rings. The normalized spacial score (nSPS) is 20.9. The van der Waals surface area contributed by atoms with Crippen LogP contribution in [-0.2, 0) is 4.84 Å². The van der Waals surface area contributed by atoms with Gasteiger partial charge in [0.25, 0.3) is 0 Å². The molecule has 1 aliphatic heterocycles. The van der Waals surface area contributed by atoms with Gasteiger partial charge in [-0.05, 0) is 6.92 Å². The van der Waals surface area contributed by atoms with Gasteiger partial charge in [0.05, 0.1) is 18.1 Å². The van der Waals surface area contributed by atoms with Crippen molar-refractivity contribution in [1.29, 1.82) is 5.41 Å². The third kappa shape index (κ3) is 1.93. The fourth-order valence-corrected chi connectivity index (χ4v) is 1.13. The number of amidine groups is 1. The Labute approximate surface area is 66.3 Å². The summed E-state index contributed by atoms with van der Waals surface area (Å²) in [5.74, 6) is 0.603. The number of hydrogen-bond donors (Lipinski definition) is 1. The van der Waals surface area contributed by atoms with Gasteiger partial charge in [-0.15, -0.1) is 0 Å². The Morgan fingerprint density at radius 1 is 1.73 bits per heavy atom. The average Bonchev–Trinajstić information content (AvgIpc) is 2.37. The van der Waals surface area contributed by atoms with Gasteiger partial charge >= 0.3 is 0 Å². The third-order valence-corrected chi connectivity index (χ3v) is 1.74. The van der Waals surface area contributed by atoms with E-state index in [4.69, 9.17) is 5.41 Å². The van der Waals surface area contributed by atoms with Crippen LogP contribution in [0.3, 0.4) is 0 Å². The van der Waals surface area contributed by atoms with E-state index in [9.17, 15) is 0 Å². The Bertz CT molecular complexity index is 188. The molecule has 0 bridgehead atoms. The van der Waals surface area contributed by atoms with Gasteiger partial charge in [-0.3, -0.25) is 5.41 Å². The lowest BCUT2D eigenvalue weighted by Crippen LogP contribution is -2.25. The zero-order valence-corrected chi connectivity index (χ0v) is 6.92. The van der Waals surface area contributed by atoms with Crippen LogP contribution in [0, 0.1) is 5.41 Å². The van der Waals surface area contributed by atoms with E-state index in [-0.39, 0.29) is 0 Å². The lowest BCUT2D eigenvalue weighted by Gasteiger charge is -2.13. The first-order valence-corrected chi connectivity index (χ1v) is 3.63. The lowest BCUT2D eigenvalue weighted by molar-refractivity contribution is 0.212. The Hall–Kier alpha value is -1.06. The summed E-state index contributed by atoms with van der Waals surface area (Å²) in [6.07, 6.45) is 0.921. The van der Waals surface area contributed by atoms with E-state index in [0.717, 1.165) is 25.2 Å². The first-order valence-electron chi connectivity index (χ1n) is 3.63. The quantitative estimate of drug-likeness (QED) is 0.344.